The van der Waals surface area contributed by atoms with Crippen molar-refractivity contribution in [3.63, 3.8) is 0 Å². The summed E-state index contributed by atoms with van der Waals surface area (Å²) in [5.41, 5.74) is 11.2. The lowest BCUT2D eigenvalue weighted by Crippen LogP contribution is -2.15. The quantitative estimate of drug-likeness (QED) is 0.173. The Bertz CT molecular complexity index is 3270. The van der Waals surface area contributed by atoms with Gasteiger partial charge in [-0.2, -0.15) is 0 Å². The van der Waals surface area contributed by atoms with Gasteiger partial charge in [-0.3, -0.25) is 0 Å². The van der Waals surface area contributed by atoms with E-state index in [1.165, 1.54) is 54.8 Å². The van der Waals surface area contributed by atoms with E-state index in [9.17, 15) is 0 Å². The first-order valence-electron chi connectivity index (χ1n) is 18.8. The van der Waals surface area contributed by atoms with Crippen molar-refractivity contribution in [3.05, 3.63) is 188 Å². The highest BCUT2D eigenvalue weighted by Crippen LogP contribution is 2.47. The van der Waals surface area contributed by atoms with Crippen LogP contribution in [0.1, 0.15) is 5.56 Å². The highest BCUT2D eigenvalue weighted by atomic mass is 16.3. The van der Waals surface area contributed by atoms with E-state index >= 15 is 0 Å². The molecule has 0 saturated carbocycles. The van der Waals surface area contributed by atoms with Gasteiger partial charge in [-0.05, 0) is 102 Å². The van der Waals surface area contributed by atoms with Gasteiger partial charge in [0.2, 0.25) is 0 Å². The number of allylic oxidation sites excluding steroid dienone is 8. The molecule has 2 aromatic heterocycles. The van der Waals surface area contributed by atoms with Crippen LogP contribution in [-0.4, -0.2) is 0 Å². The molecule has 0 spiro atoms. The molecule has 0 bridgehead atoms. The zero-order valence-electron chi connectivity index (χ0n) is 29.3. The van der Waals surface area contributed by atoms with Crippen molar-refractivity contribution in [1.82, 2.24) is 0 Å². The second kappa shape index (κ2) is 11.3. The summed E-state index contributed by atoms with van der Waals surface area (Å²) in [6.07, 6.45) is 15.9. The molecule has 2 unspecified atom stereocenters. The summed E-state index contributed by atoms with van der Waals surface area (Å²) >= 11 is 0. The fourth-order valence-electron chi connectivity index (χ4n) is 9.34. The topological polar surface area (TPSA) is 26.3 Å². The summed E-state index contributed by atoms with van der Waals surface area (Å²) < 4.78 is 12.7. The highest BCUT2D eigenvalue weighted by molar-refractivity contribution is 6.23. The Labute approximate surface area is 311 Å². The van der Waals surface area contributed by atoms with E-state index in [2.05, 4.69) is 170 Å². The van der Waals surface area contributed by atoms with Gasteiger partial charge in [0.25, 0.3) is 0 Å². The monoisotopic (exact) mass is 688 g/mol. The van der Waals surface area contributed by atoms with Crippen LogP contribution in [0.4, 0.5) is 0 Å². The maximum absolute atomic E-state index is 6.44. The zero-order valence-corrected chi connectivity index (χ0v) is 29.3. The fourth-order valence-corrected chi connectivity index (χ4v) is 9.34. The van der Waals surface area contributed by atoms with E-state index in [1.807, 2.05) is 12.1 Å². The lowest BCUT2D eigenvalue weighted by atomic mass is 9.74. The predicted octanol–water partition coefficient (Wildman–Crippen LogP) is 14.6. The maximum atomic E-state index is 6.44. The van der Waals surface area contributed by atoms with E-state index in [4.69, 9.17) is 8.83 Å². The van der Waals surface area contributed by atoms with Gasteiger partial charge in [-0.25, -0.2) is 0 Å². The van der Waals surface area contributed by atoms with Crippen LogP contribution in [0.25, 0.3) is 104 Å². The Kier molecular flexibility index (Phi) is 6.20. The molecule has 0 saturated heterocycles. The normalized spacial score (nSPS) is 16.8. The van der Waals surface area contributed by atoms with E-state index < -0.39 is 0 Å². The summed E-state index contributed by atoms with van der Waals surface area (Å²) in [6, 6.07) is 50.5. The van der Waals surface area contributed by atoms with Crippen LogP contribution in [0.3, 0.4) is 0 Å². The van der Waals surface area contributed by atoms with Gasteiger partial charge >= 0.3 is 0 Å². The molecule has 2 aliphatic carbocycles. The first-order chi connectivity index (χ1) is 26.8. The van der Waals surface area contributed by atoms with Crippen molar-refractivity contribution in [2.45, 2.75) is 0 Å². The minimum absolute atomic E-state index is 0.326. The first-order valence-corrected chi connectivity index (χ1v) is 18.8. The molecule has 252 valence electrons. The van der Waals surface area contributed by atoms with Crippen molar-refractivity contribution in [3.8, 4) is 22.3 Å². The number of furan rings is 2. The van der Waals surface area contributed by atoms with Gasteiger partial charge in [-0.1, -0.05) is 146 Å². The third kappa shape index (κ3) is 4.28. The molecule has 54 heavy (non-hydrogen) atoms. The molecule has 0 N–H and O–H groups in total. The zero-order chi connectivity index (χ0) is 35.3. The second-order valence-corrected chi connectivity index (χ2v) is 14.7. The molecule has 12 rings (SSSR count). The summed E-state index contributed by atoms with van der Waals surface area (Å²) in [7, 11) is 0. The molecular weight excluding hydrogens is 657 g/mol. The number of fused-ring (bicyclic) bond motifs is 11. The molecule has 0 aliphatic heterocycles. The molecule has 0 amide bonds. The third-order valence-corrected chi connectivity index (χ3v) is 11.8. The molecule has 2 heteroatoms. The van der Waals surface area contributed by atoms with Crippen LogP contribution in [0.15, 0.2) is 191 Å². The number of hydrogen-bond donors (Lipinski definition) is 0. The number of benzene rings is 8. The van der Waals surface area contributed by atoms with Gasteiger partial charge in [0, 0.05) is 33.4 Å². The largest absolute Gasteiger partial charge is 0.456 e. The van der Waals surface area contributed by atoms with Crippen LogP contribution < -0.4 is 0 Å². The van der Waals surface area contributed by atoms with Crippen molar-refractivity contribution in [2.75, 3.05) is 0 Å². The average molecular weight is 689 g/mol. The number of para-hydroxylation sites is 1. The predicted molar refractivity (Wildman–Crippen MR) is 227 cm³/mol. The summed E-state index contributed by atoms with van der Waals surface area (Å²) in [6.45, 7) is 0. The minimum atomic E-state index is 0.326. The first kappa shape index (κ1) is 29.7. The van der Waals surface area contributed by atoms with Crippen molar-refractivity contribution < 1.29 is 8.83 Å². The Hall–Kier alpha value is -6.90. The highest BCUT2D eigenvalue weighted by Gasteiger charge is 2.27. The molecular formula is C52H32O2. The van der Waals surface area contributed by atoms with Gasteiger partial charge < -0.3 is 8.83 Å². The van der Waals surface area contributed by atoms with E-state index in [0.29, 0.717) is 11.8 Å². The average Bonchev–Trinajstić information content (AvgIpc) is 3.79. The van der Waals surface area contributed by atoms with Crippen LogP contribution in [0, 0.1) is 11.8 Å². The third-order valence-electron chi connectivity index (χ3n) is 11.8. The van der Waals surface area contributed by atoms with Crippen LogP contribution in [0.2, 0.25) is 0 Å². The molecule has 2 atom stereocenters. The summed E-state index contributed by atoms with van der Waals surface area (Å²) in [4.78, 5) is 0. The summed E-state index contributed by atoms with van der Waals surface area (Å²) in [5, 5.41) is 12.0. The van der Waals surface area contributed by atoms with Gasteiger partial charge in [0.1, 0.15) is 22.3 Å². The van der Waals surface area contributed by atoms with Crippen molar-refractivity contribution in [1.29, 1.82) is 0 Å². The van der Waals surface area contributed by atoms with Crippen molar-refractivity contribution in [2.24, 2.45) is 11.8 Å². The van der Waals surface area contributed by atoms with Gasteiger partial charge in [0.15, 0.2) is 0 Å². The van der Waals surface area contributed by atoms with Gasteiger partial charge in [-0.15, -0.1) is 0 Å². The Morgan fingerprint density at radius 1 is 0.370 bits per heavy atom. The molecule has 0 fully saturated rings. The Balaban J connectivity index is 0.994. The standard InChI is InChI=1S/C52H32O2/c1-2-12-36-32(10-1)11-9-18-37(36)51-40-15-5-3-13-38(40)50(39-14-4-6-16-41(39)51)33-22-20-31(21-23-33)34-24-26-47-44(28-34)45-30-43-35(29-49(45)54-47)25-27-48-52(43)42-17-7-8-19-46(42)53-48/h1-30,32,36H. The molecule has 10 aromatic rings. The minimum Gasteiger partial charge on any atom is -0.456 e. The fraction of sp³-hybridized carbons (Fsp3) is 0.0385. The van der Waals surface area contributed by atoms with E-state index in [1.54, 1.807) is 0 Å². The molecule has 0 radical (unpaired) electrons. The molecule has 2 nitrogen and oxygen atoms in total. The number of rotatable bonds is 3. The van der Waals surface area contributed by atoms with Crippen molar-refractivity contribution >= 4 is 81.8 Å². The summed E-state index contributed by atoms with van der Waals surface area (Å²) in [5.74, 6) is 0.707. The van der Waals surface area contributed by atoms with Crippen LogP contribution in [-0.2, 0) is 0 Å². The second-order valence-electron chi connectivity index (χ2n) is 14.7. The van der Waals surface area contributed by atoms with Crippen LogP contribution in [0.5, 0.6) is 0 Å². The Morgan fingerprint density at radius 3 is 1.76 bits per heavy atom. The lowest BCUT2D eigenvalue weighted by molar-refractivity contribution is 0.668. The smallest absolute Gasteiger partial charge is 0.136 e. The molecule has 2 aliphatic rings. The molecule has 2 heterocycles. The van der Waals surface area contributed by atoms with E-state index in [0.717, 1.165) is 54.8 Å². The Morgan fingerprint density at radius 2 is 0.963 bits per heavy atom. The molecule has 8 aromatic carbocycles. The van der Waals surface area contributed by atoms with Gasteiger partial charge in [0.05, 0.1) is 0 Å². The van der Waals surface area contributed by atoms with Crippen LogP contribution >= 0.6 is 0 Å². The SMILES string of the molecule is C1=CC2C=CC=C(c3c4ccccc4c(-c4ccc(-c5ccc6oc7cc8ccc9oc%10ccccc%10c9c8cc7c6c5)cc4)c4ccccc34)C2C=C1. The lowest BCUT2D eigenvalue weighted by Gasteiger charge is -2.29. The number of hydrogen-bond acceptors (Lipinski definition) is 2. The van der Waals surface area contributed by atoms with E-state index in [-0.39, 0.29) is 0 Å². The maximum Gasteiger partial charge on any atom is 0.136 e.